The molecular formula is C64H45N5. The van der Waals surface area contributed by atoms with Gasteiger partial charge in [0.1, 0.15) is 6.07 Å². The third-order valence-corrected chi connectivity index (χ3v) is 12.7. The van der Waals surface area contributed by atoms with Crippen LogP contribution in [0.4, 0.5) is 5.69 Å². The molecule has 0 bridgehead atoms. The molecule has 0 saturated carbocycles. The average molecular weight is 884 g/mol. The van der Waals surface area contributed by atoms with E-state index in [-0.39, 0.29) is 0 Å². The summed E-state index contributed by atoms with van der Waals surface area (Å²) in [4.78, 5) is 4.48. The number of rotatable bonds is 7. The van der Waals surface area contributed by atoms with Crippen molar-refractivity contribution in [2.24, 2.45) is 0 Å². The van der Waals surface area contributed by atoms with E-state index in [9.17, 15) is 5.26 Å². The fraction of sp³-hybridized carbons (Fsp3) is 0. The van der Waals surface area contributed by atoms with Crippen LogP contribution in [-0.4, -0.2) is 13.7 Å². The molecule has 0 N–H and O–H groups in total. The maximum atomic E-state index is 11.7. The average Bonchev–Trinajstić information content (AvgIpc) is 4.06. The first-order valence-corrected chi connectivity index (χ1v) is 22.7. The molecule has 0 atom stereocenters. The lowest BCUT2D eigenvalue weighted by molar-refractivity contribution is 1.05. The minimum Gasteiger partial charge on any atom is -0.317 e. The molecule has 12 rings (SSSR count). The van der Waals surface area contributed by atoms with Gasteiger partial charge in [-0.15, -0.1) is 0 Å². The number of hydrogen-bond acceptors (Lipinski definition) is 1. The van der Waals surface area contributed by atoms with Gasteiger partial charge in [0, 0.05) is 37.9 Å². The molecule has 5 nitrogen and oxygen atoms in total. The van der Waals surface area contributed by atoms with E-state index in [0.29, 0.717) is 28.2 Å². The Labute approximate surface area is 401 Å². The van der Waals surface area contributed by atoms with Gasteiger partial charge in [-0.25, -0.2) is 4.85 Å². The minimum absolute atomic E-state index is 0.394. The van der Waals surface area contributed by atoms with Gasteiger partial charge < -0.3 is 13.7 Å². The topological polar surface area (TPSA) is 42.9 Å². The minimum atomic E-state index is 0.394. The Hall–Kier alpha value is -9.68. The van der Waals surface area contributed by atoms with Crippen LogP contribution in [-0.2, 0) is 0 Å². The van der Waals surface area contributed by atoms with E-state index in [2.05, 4.69) is 197 Å². The van der Waals surface area contributed by atoms with E-state index in [1.54, 1.807) is 12.2 Å². The molecule has 0 aliphatic rings. The van der Waals surface area contributed by atoms with Crippen molar-refractivity contribution in [3.63, 3.8) is 0 Å². The van der Waals surface area contributed by atoms with Crippen LogP contribution >= 0.6 is 0 Å². The summed E-state index contributed by atoms with van der Waals surface area (Å²) >= 11 is 0. The molecule has 326 valence electrons. The normalized spacial score (nSPS) is 10.8. The number of nitriles is 1. The van der Waals surface area contributed by atoms with Crippen molar-refractivity contribution in [3.8, 4) is 34.3 Å². The van der Waals surface area contributed by atoms with Crippen molar-refractivity contribution in [2.45, 2.75) is 0 Å². The molecule has 3 heterocycles. The van der Waals surface area contributed by atoms with Gasteiger partial charge in [-0.3, -0.25) is 0 Å². The van der Waals surface area contributed by atoms with Gasteiger partial charge in [-0.05, 0) is 53.1 Å². The first-order valence-electron chi connectivity index (χ1n) is 22.7. The second-order valence-electron chi connectivity index (χ2n) is 16.4. The van der Waals surface area contributed by atoms with Crippen LogP contribution in [0.5, 0.6) is 0 Å². The molecule has 0 unspecified atom stereocenters. The molecule has 0 fully saturated rings. The molecule has 0 aliphatic heterocycles. The number of nitrogens with zero attached hydrogens (tertiary/aromatic N) is 5. The zero-order valence-corrected chi connectivity index (χ0v) is 37.9. The summed E-state index contributed by atoms with van der Waals surface area (Å²) in [5.41, 5.74) is 12.3. The lowest BCUT2D eigenvalue weighted by Crippen LogP contribution is -2.13. The van der Waals surface area contributed by atoms with E-state index in [1.165, 1.54) is 5.56 Å². The zero-order valence-electron chi connectivity index (χ0n) is 37.9. The van der Waals surface area contributed by atoms with Gasteiger partial charge in [0.25, 0.3) is 0 Å². The van der Waals surface area contributed by atoms with Crippen LogP contribution in [0.3, 0.4) is 0 Å². The van der Waals surface area contributed by atoms with Crippen LogP contribution in [0.15, 0.2) is 239 Å². The Morgan fingerprint density at radius 3 is 1.03 bits per heavy atom. The molecule has 5 heteroatoms. The Balaban J connectivity index is 0.000000408. The van der Waals surface area contributed by atoms with Gasteiger partial charge in [0.2, 0.25) is 5.69 Å². The lowest BCUT2D eigenvalue weighted by atomic mass is 9.92. The molecule has 12 aromatic rings. The van der Waals surface area contributed by atoms with E-state index in [4.69, 9.17) is 6.57 Å². The van der Waals surface area contributed by atoms with Crippen molar-refractivity contribution < 1.29 is 0 Å². The zero-order chi connectivity index (χ0) is 47.4. The van der Waals surface area contributed by atoms with Crippen LogP contribution in [0.1, 0.15) is 16.7 Å². The van der Waals surface area contributed by atoms with Crippen molar-refractivity contribution >= 4 is 83.3 Å². The van der Waals surface area contributed by atoms with Crippen molar-refractivity contribution in [3.05, 3.63) is 267 Å². The van der Waals surface area contributed by atoms with Crippen LogP contribution < -0.4 is 0 Å². The molecular weight excluding hydrogens is 839 g/mol. The molecule has 9 aromatic carbocycles. The highest BCUT2D eigenvalue weighted by molar-refractivity contribution is 6.16. The van der Waals surface area contributed by atoms with Gasteiger partial charge in [-0.1, -0.05) is 214 Å². The SMILES string of the molecule is C=CC=C.C=Cc1ccccc1.[C-]#[N+]c1c(-c2ccc(C=C)cc2)c(C#N)c(-n2c3ccccc3c3ccccc32)c(-n2c3ccccc3c3ccccc32)c1-n1c2ccccc2c2ccccc21. The summed E-state index contributed by atoms with van der Waals surface area (Å²) in [5, 5.41) is 18.2. The Morgan fingerprint density at radius 2 is 0.710 bits per heavy atom. The van der Waals surface area contributed by atoms with Crippen molar-refractivity contribution in [2.75, 3.05) is 0 Å². The predicted octanol–water partition coefficient (Wildman–Crippen LogP) is 17.4. The van der Waals surface area contributed by atoms with E-state index >= 15 is 0 Å². The third kappa shape index (κ3) is 7.29. The smallest absolute Gasteiger partial charge is 0.221 e. The molecule has 0 spiro atoms. The Kier molecular flexibility index (Phi) is 11.7. The summed E-state index contributed by atoms with van der Waals surface area (Å²) in [6.07, 6.45) is 6.92. The highest BCUT2D eigenvalue weighted by atomic mass is 15.1. The fourth-order valence-corrected chi connectivity index (χ4v) is 9.70. The summed E-state index contributed by atoms with van der Waals surface area (Å²) in [7, 11) is 0. The third-order valence-electron chi connectivity index (χ3n) is 12.7. The summed E-state index contributed by atoms with van der Waals surface area (Å²) in [5.74, 6) is 0. The second kappa shape index (κ2) is 18.7. The fourth-order valence-electron chi connectivity index (χ4n) is 9.70. The molecule has 0 radical (unpaired) electrons. The van der Waals surface area contributed by atoms with E-state index in [1.807, 2.05) is 66.7 Å². The quantitative estimate of drug-likeness (QED) is 0.116. The van der Waals surface area contributed by atoms with Crippen LogP contribution in [0.25, 0.3) is 111 Å². The standard InChI is InChI=1S/C52H31N5.C8H8.C4H6/c1-3-33-28-30-34(31-29-33)48-41(32-53)50(55-42-22-10-4-16-35(42)36-17-5-11-23-43(36)55)52(57-46-26-14-8-20-39(46)40-21-9-15-27-47(40)57)51(49(48)54-2)56-44-24-12-6-18-37(44)38-19-7-13-25-45(38)56;1-2-8-6-4-3-5-7-8;1-3-4-2/h3-31H,1H2;2-7H,1H2;3-4H,1-2H2. The number of fused-ring (bicyclic) bond motifs is 9. The number of hydrogen-bond donors (Lipinski definition) is 0. The number of aromatic nitrogens is 3. The Morgan fingerprint density at radius 1 is 0.391 bits per heavy atom. The van der Waals surface area contributed by atoms with Gasteiger partial charge in [-0.2, -0.15) is 5.26 Å². The molecule has 0 saturated heterocycles. The first-order chi connectivity index (χ1) is 34.1. The van der Waals surface area contributed by atoms with E-state index in [0.717, 1.165) is 82.2 Å². The largest absolute Gasteiger partial charge is 0.317 e. The van der Waals surface area contributed by atoms with Gasteiger partial charge in [0.05, 0.1) is 62.3 Å². The van der Waals surface area contributed by atoms with Crippen LogP contribution in [0.2, 0.25) is 0 Å². The van der Waals surface area contributed by atoms with Crippen molar-refractivity contribution in [1.82, 2.24) is 13.7 Å². The second-order valence-corrected chi connectivity index (χ2v) is 16.4. The maximum Gasteiger partial charge on any atom is 0.221 e. The summed E-state index contributed by atoms with van der Waals surface area (Å²) in [6.45, 7) is 23.5. The highest BCUT2D eigenvalue weighted by Gasteiger charge is 2.33. The number of allylic oxidation sites excluding steroid dienone is 2. The first kappa shape index (κ1) is 43.2. The summed E-state index contributed by atoms with van der Waals surface area (Å²) < 4.78 is 6.81. The lowest BCUT2D eigenvalue weighted by Gasteiger charge is -2.27. The predicted molar refractivity (Wildman–Crippen MR) is 293 cm³/mol. The van der Waals surface area contributed by atoms with Crippen LogP contribution in [0, 0.1) is 17.9 Å². The van der Waals surface area contributed by atoms with Gasteiger partial charge in [0.15, 0.2) is 0 Å². The maximum absolute atomic E-state index is 11.7. The highest BCUT2D eigenvalue weighted by Crippen LogP contribution is 2.51. The monoisotopic (exact) mass is 883 g/mol. The number of para-hydroxylation sites is 6. The summed E-state index contributed by atoms with van der Waals surface area (Å²) in [6, 6.07) is 71.3. The van der Waals surface area contributed by atoms with Crippen molar-refractivity contribution in [1.29, 1.82) is 5.26 Å². The molecule has 3 aromatic heterocycles. The molecule has 0 amide bonds. The van der Waals surface area contributed by atoms with Gasteiger partial charge >= 0.3 is 0 Å². The molecule has 0 aliphatic carbocycles. The van der Waals surface area contributed by atoms with E-state index < -0.39 is 0 Å². The Bertz CT molecular complexity index is 3730. The number of benzene rings is 9. The molecule has 69 heavy (non-hydrogen) atoms.